The first kappa shape index (κ1) is 15.5. The lowest BCUT2D eigenvalue weighted by Crippen LogP contribution is -2.23. The van der Waals surface area contributed by atoms with Crippen LogP contribution in [0, 0.1) is 0 Å². The quantitative estimate of drug-likeness (QED) is 0.801. The summed E-state index contributed by atoms with van der Waals surface area (Å²) < 4.78 is 1.12. The van der Waals surface area contributed by atoms with Crippen molar-refractivity contribution in [2.75, 3.05) is 18.5 Å². The maximum absolute atomic E-state index is 3.59. The van der Waals surface area contributed by atoms with Gasteiger partial charge in [0, 0.05) is 28.1 Å². The molecule has 0 spiro atoms. The van der Waals surface area contributed by atoms with Crippen LogP contribution in [0.3, 0.4) is 0 Å². The highest BCUT2D eigenvalue weighted by Gasteiger charge is 2.14. The van der Waals surface area contributed by atoms with E-state index in [4.69, 9.17) is 0 Å². The summed E-state index contributed by atoms with van der Waals surface area (Å²) in [6.07, 6.45) is 0. The molecule has 1 unspecified atom stereocenters. The van der Waals surface area contributed by atoms with Gasteiger partial charge in [-0.1, -0.05) is 35.0 Å². The van der Waals surface area contributed by atoms with Crippen LogP contribution >= 0.6 is 27.3 Å². The minimum absolute atomic E-state index is 0.355. The summed E-state index contributed by atoms with van der Waals surface area (Å²) in [6.45, 7) is 6.28. The molecule has 0 saturated heterocycles. The third-order valence-electron chi connectivity index (χ3n) is 3.35. The zero-order valence-corrected chi connectivity index (χ0v) is 14.6. The average Bonchev–Trinajstić information content (AvgIpc) is 2.91. The first-order valence-electron chi connectivity index (χ1n) is 6.88. The van der Waals surface area contributed by atoms with E-state index < -0.39 is 0 Å². The van der Waals surface area contributed by atoms with Crippen LogP contribution in [0.5, 0.6) is 0 Å². The standard InChI is InChI=1S/C16H21BrN2S/c1-4-18-12(2)15-8-7-13(17)10-16(15)19(3)11-14-6-5-9-20-14/h5-10,12,18H,4,11H2,1-3H3. The third kappa shape index (κ3) is 3.84. The van der Waals surface area contributed by atoms with Crippen molar-refractivity contribution in [3.8, 4) is 0 Å². The number of thiophene rings is 1. The highest BCUT2D eigenvalue weighted by atomic mass is 79.9. The number of rotatable bonds is 6. The molecule has 108 valence electrons. The highest BCUT2D eigenvalue weighted by Crippen LogP contribution is 2.30. The van der Waals surface area contributed by atoms with E-state index in [0.717, 1.165) is 17.6 Å². The van der Waals surface area contributed by atoms with Crippen molar-refractivity contribution in [1.82, 2.24) is 5.32 Å². The first-order valence-corrected chi connectivity index (χ1v) is 8.55. The summed E-state index contributed by atoms with van der Waals surface area (Å²) in [5.74, 6) is 0. The number of hydrogen-bond donors (Lipinski definition) is 1. The Labute approximate surface area is 133 Å². The van der Waals surface area contributed by atoms with Crippen LogP contribution in [0.4, 0.5) is 5.69 Å². The van der Waals surface area contributed by atoms with E-state index in [1.165, 1.54) is 16.1 Å². The molecule has 0 bridgehead atoms. The molecule has 1 aromatic heterocycles. The molecule has 20 heavy (non-hydrogen) atoms. The van der Waals surface area contributed by atoms with Crippen molar-refractivity contribution < 1.29 is 0 Å². The monoisotopic (exact) mass is 352 g/mol. The number of halogens is 1. The van der Waals surface area contributed by atoms with E-state index in [9.17, 15) is 0 Å². The fourth-order valence-corrected chi connectivity index (χ4v) is 3.46. The lowest BCUT2D eigenvalue weighted by atomic mass is 10.1. The molecule has 0 amide bonds. The Balaban J connectivity index is 2.26. The Morgan fingerprint density at radius 1 is 1.35 bits per heavy atom. The summed E-state index contributed by atoms with van der Waals surface area (Å²) >= 11 is 5.39. The molecule has 0 aliphatic rings. The van der Waals surface area contributed by atoms with Crippen molar-refractivity contribution in [2.24, 2.45) is 0 Å². The largest absolute Gasteiger partial charge is 0.369 e. The summed E-state index contributed by atoms with van der Waals surface area (Å²) in [4.78, 5) is 3.70. The number of benzene rings is 1. The molecule has 0 aliphatic heterocycles. The molecule has 0 radical (unpaired) electrons. The van der Waals surface area contributed by atoms with Gasteiger partial charge in [-0.05, 0) is 42.6 Å². The predicted octanol–water partition coefficient (Wildman–Crippen LogP) is 4.82. The van der Waals surface area contributed by atoms with E-state index in [0.29, 0.717) is 6.04 Å². The molecule has 2 rings (SSSR count). The van der Waals surface area contributed by atoms with E-state index in [-0.39, 0.29) is 0 Å². The Hall–Kier alpha value is -0.840. The molecule has 0 aliphatic carbocycles. The van der Waals surface area contributed by atoms with Crippen LogP contribution in [0.15, 0.2) is 40.2 Å². The maximum atomic E-state index is 3.59. The maximum Gasteiger partial charge on any atom is 0.0519 e. The Bertz CT molecular complexity index is 539. The lowest BCUT2D eigenvalue weighted by Gasteiger charge is -2.25. The fourth-order valence-electron chi connectivity index (χ4n) is 2.35. The van der Waals surface area contributed by atoms with Gasteiger partial charge in [-0.25, -0.2) is 0 Å². The molecule has 1 aromatic carbocycles. The van der Waals surface area contributed by atoms with Gasteiger partial charge >= 0.3 is 0 Å². The minimum Gasteiger partial charge on any atom is -0.369 e. The topological polar surface area (TPSA) is 15.3 Å². The normalized spacial score (nSPS) is 12.4. The second-order valence-corrected chi connectivity index (χ2v) is 6.87. The number of nitrogens with one attached hydrogen (secondary N) is 1. The highest BCUT2D eigenvalue weighted by molar-refractivity contribution is 9.10. The summed E-state index contributed by atoms with van der Waals surface area (Å²) in [6, 6.07) is 11.2. The van der Waals surface area contributed by atoms with Crippen molar-refractivity contribution in [3.05, 3.63) is 50.6 Å². The van der Waals surface area contributed by atoms with Crippen molar-refractivity contribution in [2.45, 2.75) is 26.4 Å². The molecule has 1 atom stereocenters. The summed E-state index contributed by atoms with van der Waals surface area (Å²) in [5.41, 5.74) is 2.62. The molecule has 0 saturated carbocycles. The van der Waals surface area contributed by atoms with Gasteiger partial charge < -0.3 is 10.2 Å². The van der Waals surface area contributed by atoms with Crippen LogP contribution in [-0.4, -0.2) is 13.6 Å². The Morgan fingerprint density at radius 3 is 2.80 bits per heavy atom. The van der Waals surface area contributed by atoms with Crippen LogP contribution < -0.4 is 10.2 Å². The van der Waals surface area contributed by atoms with Crippen molar-refractivity contribution in [1.29, 1.82) is 0 Å². The summed E-state index contributed by atoms with van der Waals surface area (Å²) in [7, 11) is 2.16. The van der Waals surface area contributed by atoms with Gasteiger partial charge in [0.1, 0.15) is 0 Å². The smallest absolute Gasteiger partial charge is 0.0519 e. The average molecular weight is 353 g/mol. The van der Waals surface area contributed by atoms with Crippen LogP contribution in [0.25, 0.3) is 0 Å². The Morgan fingerprint density at radius 2 is 2.15 bits per heavy atom. The molecule has 2 nitrogen and oxygen atoms in total. The van der Waals surface area contributed by atoms with E-state index in [1.807, 2.05) is 0 Å². The zero-order valence-electron chi connectivity index (χ0n) is 12.2. The number of nitrogens with zero attached hydrogens (tertiary/aromatic N) is 1. The second kappa shape index (κ2) is 7.25. The van der Waals surface area contributed by atoms with Crippen LogP contribution in [-0.2, 0) is 6.54 Å². The Kier molecular flexibility index (Phi) is 5.64. The number of hydrogen-bond acceptors (Lipinski definition) is 3. The van der Waals surface area contributed by atoms with Gasteiger partial charge in [-0.2, -0.15) is 0 Å². The minimum atomic E-state index is 0.355. The van der Waals surface area contributed by atoms with Gasteiger partial charge in [0.25, 0.3) is 0 Å². The summed E-state index contributed by atoms with van der Waals surface area (Å²) in [5, 5.41) is 5.63. The van der Waals surface area contributed by atoms with Crippen LogP contribution in [0.1, 0.15) is 30.3 Å². The van der Waals surface area contributed by atoms with Crippen molar-refractivity contribution >= 4 is 33.0 Å². The molecule has 1 heterocycles. The van der Waals surface area contributed by atoms with Gasteiger partial charge in [-0.15, -0.1) is 11.3 Å². The lowest BCUT2D eigenvalue weighted by molar-refractivity contribution is 0.597. The number of anilines is 1. The van der Waals surface area contributed by atoms with Gasteiger partial charge in [0.15, 0.2) is 0 Å². The van der Waals surface area contributed by atoms with E-state index >= 15 is 0 Å². The van der Waals surface area contributed by atoms with Crippen molar-refractivity contribution in [3.63, 3.8) is 0 Å². The van der Waals surface area contributed by atoms with E-state index in [2.05, 4.69) is 82.8 Å². The fraction of sp³-hybridized carbons (Fsp3) is 0.375. The van der Waals surface area contributed by atoms with Crippen LogP contribution in [0.2, 0.25) is 0 Å². The predicted molar refractivity (Wildman–Crippen MR) is 92.7 cm³/mol. The molecular formula is C16H21BrN2S. The zero-order chi connectivity index (χ0) is 14.5. The SMILES string of the molecule is CCNC(C)c1ccc(Br)cc1N(C)Cc1cccs1. The van der Waals surface area contributed by atoms with E-state index in [1.54, 1.807) is 11.3 Å². The molecule has 0 fully saturated rings. The second-order valence-electron chi connectivity index (χ2n) is 4.92. The van der Waals surface area contributed by atoms with Gasteiger partial charge in [0.2, 0.25) is 0 Å². The first-order chi connectivity index (χ1) is 9.61. The molecule has 4 heteroatoms. The molecule has 2 aromatic rings. The third-order valence-corrected chi connectivity index (χ3v) is 4.71. The molecular weight excluding hydrogens is 332 g/mol. The molecule has 1 N–H and O–H groups in total. The van der Waals surface area contributed by atoms with Gasteiger partial charge in [0.05, 0.1) is 6.54 Å². The van der Waals surface area contributed by atoms with Gasteiger partial charge in [-0.3, -0.25) is 0 Å².